The van der Waals surface area contributed by atoms with Crippen molar-refractivity contribution in [3.05, 3.63) is 29.6 Å². The summed E-state index contributed by atoms with van der Waals surface area (Å²) in [5.74, 6) is -0.952. The molecule has 0 bridgehead atoms. The number of nitrogens with two attached hydrogens (primary N) is 1. The average molecular weight is 194 g/mol. The van der Waals surface area contributed by atoms with E-state index < -0.39 is 12.0 Å². The van der Waals surface area contributed by atoms with Crippen molar-refractivity contribution in [1.82, 2.24) is 4.98 Å². The topological polar surface area (TPSA) is 76.2 Å². The molecule has 0 amide bonds. The molecule has 0 saturated heterocycles. The van der Waals surface area contributed by atoms with E-state index in [2.05, 4.69) is 4.98 Å². The van der Waals surface area contributed by atoms with Gasteiger partial charge in [-0.15, -0.1) is 0 Å². The zero-order chi connectivity index (χ0) is 10.6. The van der Waals surface area contributed by atoms with Gasteiger partial charge < -0.3 is 10.8 Å². The molecule has 0 aliphatic carbocycles. The van der Waals surface area contributed by atoms with Crippen LogP contribution in [-0.4, -0.2) is 22.1 Å². The summed E-state index contributed by atoms with van der Waals surface area (Å²) in [6.07, 6.45) is 4.58. The lowest BCUT2D eigenvalue weighted by molar-refractivity contribution is -0.138. The third-order valence-electron chi connectivity index (χ3n) is 2.19. The summed E-state index contributed by atoms with van der Waals surface area (Å²) in [7, 11) is 0. The van der Waals surface area contributed by atoms with E-state index in [-0.39, 0.29) is 0 Å². The minimum Gasteiger partial charge on any atom is -0.480 e. The largest absolute Gasteiger partial charge is 0.480 e. The van der Waals surface area contributed by atoms with Crippen molar-refractivity contribution in [2.24, 2.45) is 5.73 Å². The monoisotopic (exact) mass is 194 g/mol. The van der Waals surface area contributed by atoms with Crippen LogP contribution < -0.4 is 5.73 Å². The second kappa shape index (κ2) is 4.72. The van der Waals surface area contributed by atoms with Crippen molar-refractivity contribution in [2.75, 3.05) is 0 Å². The number of pyridine rings is 1. The molecule has 0 aliphatic heterocycles. The molecule has 0 aliphatic rings. The van der Waals surface area contributed by atoms with Gasteiger partial charge in [0.15, 0.2) is 0 Å². The van der Waals surface area contributed by atoms with Gasteiger partial charge in [0.05, 0.1) is 0 Å². The molecule has 14 heavy (non-hydrogen) atoms. The van der Waals surface area contributed by atoms with E-state index in [0.717, 1.165) is 11.1 Å². The Morgan fingerprint density at radius 3 is 3.00 bits per heavy atom. The molecule has 1 heterocycles. The summed E-state index contributed by atoms with van der Waals surface area (Å²) in [4.78, 5) is 14.4. The van der Waals surface area contributed by atoms with Crippen molar-refractivity contribution < 1.29 is 9.90 Å². The highest BCUT2D eigenvalue weighted by Gasteiger charge is 2.11. The summed E-state index contributed by atoms with van der Waals surface area (Å²) in [6, 6.07) is 1.12. The van der Waals surface area contributed by atoms with E-state index in [0.29, 0.717) is 12.8 Å². The summed E-state index contributed by atoms with van der Waals surface area (Å²) in [5, 5.41) is 8.59. The smallest absolute Gasteiger partial charge is 0.320 e. The second-order valence-corrected chi connectivity index (χ2v) is 3.29. The zero-order valence-corrected chi connectivity index (χ0v) is 8.10. The highest BCUT2D eigenvalue weighted by atomic mass is 16.4. The maximum atomic E-state index is 10.5. The molecular weight excluding hydrogens is 180 g/mol. The van der Waals surface area contributed by atoms with Crippen LogP contribution in [0.3, 0.4) is 0 Å². The van der Waals surface area contributed by atoms with Gasteiger partial charge in [0, 0.05) is 12.4 Å². The number of nitrogens with zero attached hydrogens (tertiary/aromatic N) is 1. The number of carboxylic acids is 1. The Kier molecular flexibility index (Phi) is 3.59. The van der Waals surface area contributed by atoms with Crippen molar-refractivity contribution in [2.45, 2.75) is 25.8 Å². The van der Waals surface area contributed by atoms with Gasteiger partial charge in [-0.1, -0.05) is 0 Å². The summed E-state index contributed by atoms with van der Waals surface area (Å²) in [6.45, 7) is 1.98. The Hall–Kier alpha value is -1.42. The fraction of sp³-hybridized carbons (Fsp3) is 0.400. The van der Waals surface area contributed by atoms with Gasteiger partial charge in [0.1, 0.15) is 6.04 Å². The highest BCUT2D eigenvalue weighted by Crippen LogP contribution is 2.08. The first-order valence-corrected chi connectivity index (χ1v) is 4.49. The van der Waals surface area contributed by atoms with Crippen LogP contribution in [0.1, 0.15) is 17.5 Å². The minimum atomic E-state index is -0.952. The normalized spacial score (nSPS) is 12.4. The molecule has 1 aromatic heterocycles. The predicted octanol–water partition coefficient (Wildman–Crippen LogP) is 0.735. The van der Waals surface area contributed by atoms with Gasteiger partial charge in [-0.3, -0.25) is 9.78 Å². The van der Waals surface area contributed by atoms with Crippen molar-refractivity contribution in [3.8, 4) is 0 Å². The van der Waals surface area contributed by atoms with Crippen molar-refractivity contribution in [1.29, 1.82) is 0 Å². The highest BCUT2D eigenvalue weighted by molar-refractivity contribution is 5.73. The Morgan fingerprint density at radius 1 is 1.71 bits per heavy atom. The molecule has 0 spiro atoms. The standard InChI is InChI=1S/C10H14N2O2/c1-7-4-5-12-6-8(7)2-3-9(11)10(13)14/h4-6,9H,2-3,11H2,1H3,(H,13,14). The van der Waals surface area contributed by atoms with E-state index in [1.807, 2.05) is 13.0 Å². The summed E-state index contributed by atoms with van der Waals surface area (Å²) >= 11 is 0. The number of rotatable bonds is 4. The van der Waals surface area contributed by atoms with Crippen LogP contribution in [0.15, 0.2) is 18.5 Å². The summed E-state index contributed by atoms with van der Waals surface area (Å²) in [5.41, 5.74) is 7.58. The number of aryl methyl sites for hydroxylation is 2. The molecule has 76 valence electrons. The van der Waals surface area contributed by atoms with Crippen LogP contribution in [0.2, 0.25) is 0 Å². The summed E-state index contributed by atoms with van der Waals surface area (Å²) < 4.78 is 0. The lowest BCUT2D eigenvalue weighted by atomic mass is 10.0. The fourth-order valence-corrected chi connectivity index (χ4v) is 1.19. The molecule has 3 N–H and O–H groups in total. The molecule has 0 radical (unpaired) electrons. The number of aliphatic carboxylic acids is 1. The third kappa shape index (κ3) is 2.81. The number of carbonyl (C=O) groups is 1. The Bertz CT molecular complexity index is 326. The SMILES string of the molecule is Cc1ccncc1CCC(N)C(=O)O. The van der Waals surface area contributed by atoms with Gasteiger partial charge in [-0.2, -0.15) is 0 Å². The minimum absolute atomic E-state index is 0.446. The second-order valence-electron chi connectivity index (χ2n) is 3.29. The van der Waals surface area contributed by atoms with E-state index in [4.69, 9.17) is 10.8 Å². The maximum Gasteiger partial charge on any atom is 0.320 e. The zero-order valence-electron chi connectivity index (χ0n) is 8.10. The van der Waals surface area contributed by atoms with Crippen molar-refractivity contribution in [3.63, 3.8) is 0 Å². The first-order valence-electron chi connectivity index (χ1n) is 4.49. The molecule has 4 heteroatoms. The third-order valence-corrected chi connectivity index (χ3v) is 2.19. The quantitative estimate of drug-likeness (QED) is 0.741. The Labute approximate surface area is 82.8 Å². The first kappa shape index (κ1) is 10.7. The van der Waals surface area contributed by atoms with E-state index in [1.165, 1.54) is 0 Å². The average Bonchev–Trinajstić information content (AvgIpc) is 2.16. The number of hydrogen-bond donors (Lipinski definition) is 2. The van der Waals surface area contributed by atoms with E-state index in [1.54, 1.807) is 12.4 Å². The Morgan fingerprint density at radius 2 is 2.43 bits per heavy atom. The van der Waals surface area contributed by atoms with Crippen LogP contribution in [-0.2, 0) is 11.2 Å². The molecular formula is C10H14N2O2. The van der Waals surface area contributed by atoms with E-state index in [9.17, 15) is 4.79 Å². The molecule has 1 unspecified atom stereocenters. The Balaban J connectivity index is 2.54. The molecule has 0 saturated carbocycles. The van der Waals surface area contributed by atoms with Crippen LogP contribution in [0.5, 0.6) is 0 Å². The number of carboxylic acid groups (broad SMARTS) is 1. The molecule has 1 atom stereocenters. The maximum absolute atomic E-state index is 10.5. The van der Waals surface area contributed by atoms with Gasteiger partial charge in [0.2, 0.25) is 0 Å². The predicted molar refractivity (Wildman–Crippen MR) is 52.9 cm³/mol. The van der Waals surface area contributed by atoms with Gasteiger partial charge in [-0.05, 0) is 37.0 Å². The van der Waals surface area contributed by atoms with Crippen molar-refractivity contribution >= 4 is 5.97 Å². The van der Waals surface area contributed by atoms with Gasteiger partial charge in [-0.25, -0.2) is 0 Å². The van der Waals surface area contributed by atoms with Crippen LogP contribution in [0.4, 0.5) is 0 Å². The fourth-order valence-electron chi connectivity index (χ4n) is 1.19. The lowest BCUT2D eigenvalue weighted by Gasteiger charge is -2.07. The van der Waals surface area contributed by atoms with Crippen LogP contribution in [0.25, 0.3) is 0 Å². The number of hydrogen-bond acceptors (Lipinski definition) is 3. The van der Waals surface area contributed by atoms with Gasteiger partial charge in [0.25, 0.3) is 0 Å². The number of aromatic nitrogens is 1. The lowest BCUT2D eigenvalue weighted by Crippen LogP contribution is -2.30. The molecule has 4 nitrogen and oxygen atoms in total. The molecule has 1 rings (SSSR count). The van der Waals surface area contributed by atoms with E-state index >= 15 is 0 Å². The van der Waals surface area contributed by atoms with Gasteiger partial charge >= 0.3 is 5.97 Å². The molecule has 0 fully saturated rings. The first-order chi connectivity index (χ1) is 6.61. The van der Waals surface area contributed by atoms with Crippen LogP contribution >= 0.6 is 0 Å². The molecule has 1 aromatic rings. The van der Waals surface area contributed by atoms with Crippen LogP contribution in [0, 0.1) is 6.92 Å². The molecule has 0 aromatic carbocycles.